The summed E-state index contributed by atoms with van der Waals surface area (Å²) in [6.07, 6.45) is 4.08. The Hall–Kier alpha value is -3.07. The minimum atomic E-state index is -0.124. The fourth-order valence-corrected chi connectivity index (χ4v) is 5.26. The quantitative estimate of drug-likeness (QED) is 0.526. The minimum absolute atomic E-state index is 0.123. The molecule has 1 aromatic carbocycles. The summed E-state index contributed by atoms with van der Waals surface area (Å²) in [5.41, 5.74) is 1.87. The van der Waals surface area contributed by atoms with Crippen LogP contribution in [0.5, 0.6) is 5.75 Å². The van der Waals surface area contributed by atoms with Gasteiger partial charge in [-0.1, -0.05) is 26.7 Å². The summed E-state index contributed by atoms with van der Waals surface area (Å²) in [7, 11) is 1.68. The number of anilines is 2. The molecule has 202 valence electrons. The van der Waals surface area contributed by atoms with E-state index in [4.69, 9.17) is 9.72 Å². The summed E-state index contributed by atoms with van der Waals surface area (Å²) in [4.78, 5) is 42.0. The molecule has 2 aliphatic heterocycles. The number of carbonyl (C=O) groups excluding carboxylic acids is 1. The van der Waals surface area contributed by atoms with Gasteiger partial charge in [-0.05, 0) is 37.1 Å². The molecule has 1 atom stereocenters. The second-order valence-electron chi connectivity index (χ2n) is 10.1. The number of rotatable bonds is 10. The van der Waals surface area contributed by atoms with E-state index in [9.17, 15) is 9.59 Å². The SMILES string of the molecule is CCCCC(CC)C(=O)N1CCN(c2nc(CN3CCN(c4ccc(OC)cc4)CC3)cc(=O)[nH]2)CC1. The Morgan fingerprint density at radius 1 is 1.00 bits per heavy atom. The second-order valence-corrected chi connectivity index (χ2v) is 10.1. The number of amides is 1. The minimum Gasteiger partial charge on any atom is -0.497 e. The number of ether oxygens (including phenoxy) is 1. The van der Waals surface area contributed by atoms with Crippen LogP contribution in [0.4, 0.5) is 11.6 Å². The third-order valence-corrected chi connectivity index (χ3v) is 7.62. The number of aromatic nitrogens is 2. The summed E-state index contributed by atoms with van der Waals surface area (Å²) in [6.45, 7) is 11.3. The number of methoxy groups -OCH3 is 1. The lowest BCUT2D eigenvalue weighted by Crippen LogP contribution is -2.51. The first-order chi connectivity index (χ1) is 18.0. The molecule has 1 unspecified atom stereocenters. The number of carbonyl (C=O) groups is 1. The summed E-state index contributed by atoms with van der Waals surface area (Å²) < 4.78 is 5.26. The second kappa shape index (κ2) is 12.9. The number of nitrogens with zero attached hydrogens (tertiary/aromatic N) is 5. The summed E-state index contributed by atoms with van der Waals surface area (Å²) in [5, 5.41) is 0. The first-order valence-corrected chi connectivity index (χ1v) is 13.8. The van der Waals surface area contributed by atoms with Gasteiger partial charge in [-0.3, -0.25) is 19.5 Å². The Morgan fingerprint density at radius 2 is 1.68 bits per heavy atom. The molecule has 1 amide bonds. The van der Waals surface area contributed by atoms with Crippen LogP contribution < -0.4 is 20.1 Å². The zero-order chi connectivity index (χ0) is 26.2. The molecule has 0 spiro atoms. The first kappa shape index (κ1) is 27.0. The molecule has 3 heterocycles. The predicted octanol–water partition coefficient (Wildman–Crippen LogP) is 2.97. The van der Waals surface area contributed by atoms with Crippen LogP contribution in [-0.2, 0) is 11.3 Å². The van der Waals surface area contributed by atoms with Crippen molar-refractivity contribution < 1.29 is 9.53 Å². The zero-order valence-corrected chi connectivity index (χ0v) is 22.6. The van der Waals surface area contributed by atoms with Gasteiger partial charge in [0.2, 0.25) is 11.9 Å². The van der Waals surface area contributed by atoms with Crippen molar-refractivity contribution in [1.82, 2.24) is 19.8 Å². The number of hydrogen-bond donors (Lipinski definition) is 1. The number of H-pyrrole nitrogens is 1. The average Bonchev–Trinajstić information content (AvgIpc) is 2.93. The van der Waals surface area contributed by atoms with Gasteiger partial charge in [-0.2, -0.15) is 0 Å². The van der Waals surface area contributed by atoms with Gasteiger partial charge >= 0.3 is 0 Å². The highest BCUT2D eigenvalue weighted by Crippen LogP contribution is 2.22. The lowest BCUT2D eigenvalue weighted by atomic mass is 9.97. The normalized spacial score (nSPS) is 17.6. The van der Waals surface area contributed by atoms with E-state index in [0.717, 1.165) is 63.3 Å². The zero-order valence-electron chi connectivity index (χ0n) is 22.6. The highest BCUT2D eigenvalue weighted by Gasteiger charge is 2.27. The van der Waals surface area contributed by atoms with Gasteiger partial charge in [0.25, 0.3) is 5.56 Å². The third kappa shape index (κ3) is 7.03. The average molecular weight is 511 g/mol. The van der Waals surface area contributed by atoms with E-state index < -0.39 is 0 Å². The molecule has 0 bridgehead atoms. The number of piperazine rings is 2. The molecule has 1 N–H and O–H groups in total. The molecule has 9 heteroatoms. The molecule has 1 aromatic heterocycles. The fourth-order valence-electron chi connectivity index (χ4n) is 5.26. The number of benzene rings is 1. The molecule has 2 saturated heterocycles. The summed E-state index contributed by atoms with van der Waals surface area (Å²) >= 11 is 0. The van der Waals surface area contributed by atoms with E-state index >= 15 is 0 Å². The van der Waals surface area contributed by atoms with E-state index in [2.05, 4.69) is 45.7 Å². The third-order valence-electron chi connectivity index (χ3n) is 7.62. The topological polar surface area (TPSA) is 85.0 Å². The van der Waals surface area contributed by atoms with Crippen LogP contribution in [0.1, 0.15) is 45.2 Å². The van der Waals surface area contributed by atoms with Gasteiger partial charge in [0.15, 0.2) is 0 Å². The van der Waals surface area contributed by atoms with Gasteiger partial charge in [0, 0.05) is 76.6 Å². The van der Waals surface area contributed by atoms with Crippen molar-refractivity contribution in [2.45, 2.75) is 46.1 Å². The number of unbranched alkanes of at least 4 members (excludes halogenated alkanes) is 1. The van der Waals surface area contributed by atoms with Gasteiger partial charge in [-0.25, -0.2) is 4.98 Å². The van der Waals surface area contributed by atoms with Gasteiger partial charge in [0.1, 0.15) is 5.75 Å². The van der Waals surface area contributed by atoms with Crippen LogP contribution in [0.2, 0.25) is 0 Å². The largest absolute Gasteiger partial charge is 0.497 e. The van der Waals surface area contributed by atoms with Crippen molar-refractivity contribution in [2.24, 2.45) is 5.92 Å². The molecule has 0 aliphatic carbocycles. The van der Waals surface area contributed by atoms with E-state index in [1.54, 1.807) is 13.2 Å². The Balaban J connectivity index is 1.30. The molecule has 4 rings (SSSR count). The van der Waals surface area contributed by atoms with Crippen LogP contribution in [0.3, 0.4) is 0 Å². The highest BCUT2D eigenvalue weighted by molar-refractivity contribution is 5.79. The van der Waals surface area contributed by atoms with Crippen molar-refractivity contribution in [3.05, 3.63) is 46.4 Å². The molecule has 9 nitrogen and oxygen atoms in total. The van der Waals surface area contributed by atoms with E-state index in [1.807, 2.05) is 17.0 Å². The predicted molar refractivity (Wildman–Crippen MR) is 147 cm³/mol. The molecule has 37 heavy (non-hydrogen) atoms. The molecule has 2 aromatic rings. The smallest absolute Gasteiger partial charge is 0.252 e. The fraction of sp³-hybridized carbons (Fsp3) is 0.607. The van der Waals surface area contributed by atoms with E-state index in [0.29, 0.717) is 38.7 Å². The van der Waals surface area contributed by atoms with Crippen LogP contribution >= 0.6 is 0 Å². The van der Waals surface area contributed by atoms with Gasteiger partial charge < -0.3 is 19.4 Å². The van der Waals surface area contributed by atoms with Crippen molar-refractivity contribution in [2.75, 3.05) is 69.3 Å². The number of hydrogen-bond acceptors (Lipinski definition) is 7. The van der Waals surface area contributed by atoms with Crippen LogP contribution in [0.25, 0.3) is 0 Å². The van der Waals surface area contributed by atoms with Crippen LogP contribution in [0.15, 0.2) is 35.1 Å². The lowest BCUT2D eigenvalue weighted by molar-refractivity contribution is -0.136. The van der Waals surface area contributed by atoms with Gasteiger partial charge in [0.05, 0.1) is 12.8 Å². The van der Waals surface area contributed by atoms with Crippen LogP contribution in [-0.4, -0.2) is 85.1 Å². The lowest BCUT2D eigenvalue weighted by Gasteiger charge is -2.37. The molecular formula is C28H42N6O3. The first-order valence-electron chi connectivity index (χ1n) is 13.8. The Labute approximate surface area is 220 Å². The summed E-state index contributed by atoms with van der Waals surface area (Å²) in [6, 6.07) is 9.79. The Morgan fingerprint density at radius 3 is 2.30 bits per heavy atom. The molecular weight excluding hydrogens is 468 g/mol. The highest BCUT2D eigenvalue weighted by atomic mass is 16.5. The molecule has 2 aliphatic rings. The van der Waals surface area contributed by atoms with Crippen LogP contribution in [0, 0.1) is 5.92 Å². The van der Waals surface area contributed by atoms with Gasteiger partial charge in [-0.15, -0.1) is 0 Å². The maximum Gasteiger partial charge on any atom is 0.252 e. The maximum absolute atomic E-state index is 13.0. The molecule has 2 fully saturated rings. The molecule has 0 saturated carbocycles. The van der Waals surface area contributed by atoms with Crippen molar-refractivity contribution in [3.8, 4) is 5.75 Å². The number of nitrogens with one attached hydrogen (secondary N) is 1. The standard InChI is InChI=1S/C28H42N6O3/c1-4-6-7-22(5-2)27(36)33-16-18-34(19-17-33)28-29-23(20-26(35)30-28)21-31-12-14-32(15-13-31)24-8-10-25(37-3)11-9-24/h8-11,20,22H,4-7,12-19,21H2,1-3H3,(H,29,30,35). The Bertz CT molecular complexity index is 1060. The number of aromatic amines is 1. The molecule has 0 radical (unpaired) electrons. The maximum atomic E-state index is 13.0. The Kier molecular flexibility index (Phi) is 9.44. The van der Waals surface area contributed by atoms with Crippen molar-refractivity contribution >= 4 is 17.5 Å². The van der Waals surface area contributed by atoms with Crippen molar-refractivity contribution in [1.29, 1.82) is 0 Å². The van der Waals surface area contributed by atoms with E-state index in [1.165, 1.54) is 5.69 Å². The van der Waals surface area contributed by atoms with Crippen molar-refractivity contribution in [3.63, 3.8) is 0 Å². The van der Waals surface area contributed by atoms with E-state index in [-0.39, 0.29) is 17.4 Å². The summed E-state index contributed by atoms with van der Waals surface area (Å²) in [5.74, 6) is 1.88. The monoisotopic (exact) mass is 510 g/mol.